The number of carbonyl (C=O) groups is 2. The SMILES string of the molecule is COc1nc(-c2cccc(-c3cccc(NC(=O)C4=CN(C)C(O)N(C)C4=O)c3C)c2Cl)ccc1CNC(C)C. The van der Waals surface area contributed by atoms with Crippen LogP contribution in [0.25, 0.3) is 22.4 Å². The van der Waals surface area contributed by atoms with Crippen molar-refractivity contribution in [1.29, 1.82) is 0 Å². The molecule has 40 heavy (non-hydrogen) atoms. The van der Waals surface area contributed by atoms with Crippen molar-refractivity contribution in [3.63, 3.8) is 0 Å². The molecular weight excluding hydrogens is 530 g/mol. The lowest BCUT2D eigenvalue weighted by Gasteiger charge is -2.35. The van der Waals surface area contributed by atoms with Crippen LogP contribution in [-0.2, 0) is 16.1 Å². The van der Waals surface area contributed by atoms with Gasteiger partial charge in [0.25, 0.3) is 11.8 Å². The summed E-state index contributed by atoms with van der Waals surface area (Å²) < 4.78 is 5.56. The number of methoxy groups -OCH3 is 1. The predicted octanol–water partition coefficient (Wildman–Crippen LogP) is 4.39. The number of aliphatic hydroxyl groups excluding tert-OH is 1. The Morgan fingerprint density at radius 3 is 2.48 bits per heavy atom. The molecule has 2 amide bonds. The van der Waals surface area contributed by atoms with E-state index in [4.69, 9.17) is 21.3 Å². The second-order valence-corrected chi connectivity index (χ2v) is 10.3. The number of anilines is 1. The Hall–Kier alpha value is -3.92. The highest BCUT2D eigenvalue weighted by atomic mass is 35.5. The van der Waals surface area contributed by atoms with Crippen molar-refractivity contribution in [3.8, 4) is 28.3 Å². The molecule has 10 heteroatoms. The lowest BCUT2D eigenvalue weighted by Crippen LogP contribution is -2.51. The summed E-state index contributed by atoms with van der Waals surface area (Å²) in [6, 6.07) is 15.5. The molecule has 0 saturated carbocycles. The second-order valence-electron chi connectivity index (χ2n) is 9.97. The van der Waals surface area contributed by atoms with Crippen LogP contribution >= 0.6 is 11.6 Å². The number of halogens is 1. The summed E-state index contributed by atoms with van der Waals surface area (Å²) in [5.74, 6) is -0.607. The van der Waals surface area contributed by atoms with Gasteiger partial charge >= 0.3 is 0 Å². The Morgan fingerprint density at radius 2 is 1.77 bits per heavy atom. The van der Waals surface area contributed by atoms with Gasteiger partial charge in [0.1, 0.15) is 5.57 Å². The third-order valence-corrected chi connectivity index (χ3v) is 7.23. The fourth-order valence-electron chi connectivity index (χ4n) is 4.48. The number of benzene rings is 2. The summed E-state index contributed by atoms with van der Waals surface area (Å²) >= 11 is 6.96. The first-order valence-corrected chi connectivity index (χ1v) is 13.3. The molecule has 0 saturated heterocycles. The summed E-state index contributed by atoms with van der Waals surface area (Å²) in [4.78, 5) is 32.9. The van der Waals surface area contributed by atoms with Crippen LogP contribution in [0, 0.1) is 6.92 Å². The van der Waals surface area contributed by atoms with Gasteiger partial charge in [0.05, 0.1) is 17.8 Å². The topological polar surface area (TPSA) is 107 Å². The van der Waals surface area contributed by atoms with Gasteiger partial charge in [-0.1, -0.05) is 61.8 Å². The van der Waals surface area contributed by atoms with Crippen LogP contribution < -0.4 is 15.4 Å². The first-order valence-electron chi connectivity index (χ1n) is 12.9. The van der Waals surface area contributed by atoms with Gasteiger partial charge in [0, 0.05) is 55.3 Å². The van der Waals surface area contributed by atoms with Gasteiger partial charge in [-0.25, -0.2) is 4.98 Å². The molecule has 0 spiro atoms. The van der Waals surface area contributed by atoms with Crippen molar-refractivity contribution in [2.45, 2.75) is 39.7 Å². The third kappa shape index (κ3) is 5.82. The van der Waals surface area contributed by atoms with E-state index in [9.17, 15) is 14.7 Å². The molecule has 2 aromatic carbocycles. The van der Waals surface area contributed by atoms with Gasteiger partial charge in [0.2, 0.25) is 12.2 Å². The van der Waals surface area contributed by atoms with E-state index in [0.717, 1.165) is 32.7 Å². The monoisotopic (exact) mass is 563 g/mol. The largest absolute Gasteiger partial charge is 0.481 e. The normalized spacial score (nSPS) is 15.4. The Labute approximate surface area is 239 Å². The van der Waals surface area contributed by atoms with E-state index in [-0.39, 0.29) is 5.57 Å². The van der Waals surface area contributed by atoms with Crippen molar-refractivity contribution in [1.82, 2.24) is 20.1 Å². The van der Waals surface area contributed by atoms with E-state index in [1.54, 1.807) is 20.2 Å². The van der Waals surface area contributed by atoms with E-state index in [0.29, 0.717) is 34.9 Å². The Morgan fingerprint density at radius 1 is 1.10 bits per heavy atom. The van der Waals surface area contributed by atoms with Gasteiger partial charge in [-0.2, -0.15) is 0 Å². The number of rotatable bonds is 8. The highest BCUT2D eigenvalue weighted by Crippen LogP contribution is 2.39. The lowest BCUT2D eigenvalue weighted by molar-refractivity contribution is -0.148. The molecule has 2 heterocycles. The molecule has 3 aromatic rings. The number of amides is 2. The number of carbonyl (C=O) groups excluding carboxylic acids is 2. The molecule has 210 valence electrons. The third-order valence-electron chi connectivity index (χ3n) is 6.82. The molecule has 1 unspecified atom stereocenters. The number of nitrogens with zero attached hydrogens (tertiary/aromatic N) is 3. The molecule has 1 atom stereocenters. The highest BCUT2D eigenvalue weighted by molar-refractivity contribution is 6.36. The number of hydrogen-bond acceptors (Lipinski definition) is 7. The standard InChI is InChI=1S/C30H34ClN5O4/c1-17(2)32-15-19-13-14-25(34-28(19)40-6)22-11-7-10-21(26(22)31)20-9-8-12-24(18(20)3)33-27(37)23-16-35(4)30(39)36(5)29(23)38/h7-14,16-17,30,32,39H,15H2,1-6H3,(H,33,37). The molecule has 3 N–H and O–H groups in total. The Bertz CT molecular complexity index is 1470. The van der Waals surface area contributed by atoms with Gasteiger partial charge in [-0.15, -0.1) is 0 Å². The van der Waals surface area contributed by atoms with Crippen molar-refractivity contribution in [3.05, 3.63) is 76.5 Å². The number of pyridine rings is 1. The number of aliphatic hydroxyl groups is 1. The second kappa shape index (κ2) is 12.1. The van der Waals surface area contributed by atoms with E-state index in [1.807, 2.05) is 49.4 Å². The number of hydrogen-bond donors (Lipinski definition) is 3. The number of nitrogens with one attached hydrogen (secondary N) is 2. The first kappa shape index (κ1) is 29.1. The smallest absolute Gasteiger partial charge is 0.264 e. The fraction of sp³-hybridized carbons (Fsp3) is 0.300. The van der Waals surface area contributed by atoms with Gasteiger partial charge in [-0.05, 0) is 30.2 Å². The molecule has 1 aromatic heterocycles. The minimum atomic E-state index is -1.13. The molecule has 0 bridgehead atoms. The molecule has 4 rings (SSSR count). The quantitative estimate of drug-likeness (QED) is 0.349. The van der Waals surface area contributed by atoms with Crippen LogP contribution in [0.2, 0.25) is 5.02 Å². The van der Waals surface area contributed by atoms with Crippen molar-refractivity contribution in [2.75, 3.05) is 26.5 Å². The Balaban J connectivity index is 1.66. The van der Waals surface area contributed by atoms with E-state index < -0.39 is 18.2 Å². The van der Waals surface area contributed by atoms with Crippen LogP contribution in [0.15, 0.2) is 60.3 Å². The molecule has 1 aliphatic heterocycles. The van der Waals surface area contributed by atoms with Crippen LogP contribution in [-0.4, -0.2) is 65.3 Å². The average Bonchev–Trinajstić information content (AvgIpc) is 2.94. The lowest BCUT2D eigenvalue weighted by atomic mass is 9.96. The zero-order chi connectivity index (χ0) is 29.1. The number of aromatic nitrogens is 1. The minimum Gasteiger partial charge on any atom is -0.481 e. The first-order chi connectivity index (χ1) is 19.0. The maximum atomic E-state index is 13.1. The maximum absolute atomic E-state index is 13.1. The van der Waals surface area contributed by atoms with Crippen molar-refractivity contribution in [2.24, 2.45) is 0 Å². The summed E-state index contributed by atoms with van der Waals surface area (Å²) in [6.07, 6.45) is 0.207. The minimum absolute atomic E-state index is 0.0767. The Kier molecular flexibility index (Phi) is 8.78. The predicted molar refractivity (Wildman–Crippen MR) is 157 cm³/mol. The van der Waals surface area contributed by atoms with Crippen LogP contribution in [0.4, 0.5) is 5.69 Å². The molecule has 0 aliphatic carbocycles. The molecule has 1 aliphatic rings. The van der Waals surface area contributed by atoms with Crippen molar-refractivity contribution < 1.29 is 19.4 Å². The average molecular weight is 564 g/mol. The molecule has 9 nitrogen and oxygen atoms in total. The molecule has 0 fully saturated rings. The summed E-state index contributed by atoms with van der Waals surface area (Å²) in [5, 5.41) is 16.8. The van der Waals surface area contributed by atoms with E-state index in [1.165, 1.54) is 18.1 Å². The van der Waals surface area contributed by atoms with Crippen LogP contribution in [0.3, 0.4) is 0 Å². The summed E-state index contributed by atoms with van der Waals surface area (Å²) in [7, 11) is 4.62. The summed E-state index contributed by atoms with van der Waals surface area (Å²) in [5.41, 5.74) is 5.21. The van der Waals surface area contributed by atoms with Crippen LogP contribution in [0.1, 0.15) is 25.0 Å². The zero-order valence-electron chi connectivity index (χ0n) is 23.4. The van der Waals surface area contributed by atoms with E-state index >= 15 is 0 Å². The number of likely N-dealkylation sites (N-methyl/N-ethyl adjacent to an activating group) is 1. The van der Waals surface area contributed by atoms with Gasteiger partial charge < -0.3 is 25.4 Å². The molecular formula is C30H34ClN5O4. The summed E-state index contributed by atoms with van der Waals surface area (Å²) in [6.45, 7) is 6.68. The number of ether oxygens (including phenoxy) is 1. The van der Waals surface area contributed by atoms with Gasteiger partial charge in [-0.3, -0.25) is 14.5 Å². The fourth-order valence-corrected chi connectivity index (χ4v) is 4.81. The zero-order valence-corrected chi connectivity index (χ0v) is 24.2. The van der Waals surface area contributed by atoms with Crippen LogP contribution in [0.5, 0.6) is 5.88 Å². The maximum Gasteiger partial charge on any atom is 0.264 e. The molecule has 0 radical (unpaired) electrons. The highest BCUT2D eigenvalue weighted by Gasteiger charge is 2.32. The van der Waals surface area contributed by atoms with Gasteiger partial charge in [0.15, 0.2) is 0 Å². The van der Waals surface area contributed by atoms with Crippen molar-refractivity contribution >= 4 is 29.1 Å². The van der Waals surface area contributed by atoms with E-state index in [2.05, 4.69) is 24.5 Å².